The average Bonchev–Trinajstić information content (AvgIpc) is 3.07. The van der Waals surface area contributed by atoms with E-state index in [0.717, 1.165) is 5.56 Å². The molecule has 3 atom stereocenters. The van der Waals surface area contributed by atoms with Crippen molar-refractivity contribution in [3.63, 3.8) is 0 Å². The summed E-state index contributed by atoms with van der Waals surface area (Å²) in [7, 11) is -2.56. The molecule has 0 bridgehead atoms. The van der Waals surface area contributed by atoms with E-state index in [1.54, 1.807) is 48.5 Å². The summed E-state index contributed by atoms with van der Waals surface area (Å²) in [5.74, 6) is -1.75. The normalized spacial score (nSPS) is 20.6. The van der Waals surface area contributed by atoms with Gasteiger partial charge >= 0.3 is 6.09 Å². The van der Waals surface area contributed by atoms with Gasteiger partial charge in [-0.25, -0.2) is 17.6 Å². The zero-order valence-electron chi connectivity index (χ0n) is 29.7. The smallest absolute Gasteiger partial charge is 0.407 e. The van der Waals surface area contributed by atoms with Gasteiger partial charge in [-0.2, -0.15) is 4.31 Å². The molecule has 276 valence electrons. The predicted octanol–water partition coefficient (Wildman–Crippen LogP) is 6.51. The lowest BCUT2D eigenvalue weighted by atomic mass is 9.69. The van der Waals surface area contributed by atoms with Crippen molar-refractivity contribution in [3.05, 3.63) is 94.8 Å². The van der Waals surface area contributed by atoms with E-state index in [1.165, 1.54) is 23.5 Å². The molecule has 0 radical (unpaired) electrons. The molecule has 3 aromatic carbocycles. The van der Waals surface area contributed by atoms with E-state index in [0.29, 0.717) is 37.4 Å². The Morgan fingerprint density at radius 3 is 2.33 bits per heavy atom. The van der Waals surface area contributed by atoms with Crippen molar-refractivity contribution >= 4 is 39.3 Å². The van der Waals surface area contributed by atoms with Gasteiger partial charge in [0.2, 0.25) is 15.9 Å². The summed E-state index contributed by atoms with van der Waals surface area (Å²) in [5, 5.41) is 9.50. The van der Waals surface area contributed by atoms with Gasteiger partial charge in [-0.1, -0.05) is 48.0 Å². The van der Waals surface area contributed by atoms with E-state index in [1.807, 2.05) is 39.8 Å². The topological polar surface area (TPSA) is 126 Å². The fraction of sp³-hybridized carbons (Fsp3) is 0.474. The molecule has 3 N–H and O–H groups in total. The van der Waals surface area contributed by atoms with E-state index in [2.05, 4.69) is 16.0 Å². The molecule has 2 unspecified atom stereocenters. The molecule has 10 nitrogen and oxygen atoms in total. The number of piperazine rings is 1. The summed E-state index contributed by atoms with van der Waals surface area (Å²) in [4.78, 5) is 27.5. The monoisotopic (exact) mass is 742 g/mol. The number of anilines is 1. The molecule has 2 fully saturated rings. The molecule has 0 aliphatic carbocycles. The maximum atomic E-state index is 15.6. The van der Waals surface area contributed by atoms with E-state index >= 15 is 4.39 Å². The molecule has 2 amide bonds. The predicted molar refractivity (Wildman–Crippen MR) is 196 cm³/mol. The number of hydrogen-bond donors (Lipinski definition) is 3. The van der Waals surface area contributed by atoms with Gasteiger partial charge in [0, 0.05) is 47.9 Å². The van der Waals surface area contributed by atoms with E-state index in [-0.39, 0.29) is 35.0 Å². The van der Waals surface area contributed by atoms with Crippen molar-refractivity contribution in [2.24, 2.45) is 5.92 Å². The lowest BCUT2D eigenvalue weighted by molar-refractivity contribution is -0.176. The Morgan fingerprint density at radius 2 is 1.69 bits per heavy atom. The molecule has 3 aromatic rings. The first-order valence-corrected chi connectivity index (χ1v) is 19.1. The zero-order chi connectivity index (χ0) is 37.0. The molecule has 51 heavy (non-hydrogen) atoms. The number of sulfonamides is 1. The van der Waals surface area contributed by atoms with Crippen LogP contribution in [-0.2, 0) is 30.7 Å². The summed E-state index contributed by atoms with van der Waals surface area (Å²) < 4.78 is 55.6. The largest absolute Gasteiger partial charge is 0.453 e. The first kappa shape index (κ1) is 38.7. The number of ether oxygens (including phenoxy) is 2. The molecule has 0 aromatic heterocycles. The number of halogens is 2. The van der Waals surface area contributed by atoms with Crippen molar-refractivity contribution in [1.29, 1.82) is 0 Å². The van der Waals surface area contributed by atoms with Crippen molar-refractivity contribution in [1.82, 2.24) is 14.9 Å². The van der Waals surface area contributed by atoms with E-state index in [4.69, 9.17) is 21.1 Å². The number of hydrogen-bond acceptors (Lipinski definition) is 7. The fourth-order valence-corrected chi connectivity index (χ4v) is 9.63. The first-order valence-electron chi connectivity index (χ1n) is 17.3. The zero-order valence-corrected chi connectivity index (χ0v) is 31.3. The highest BCUT2D eigenvalue weighted by molar-refractivity contribution is 7.89. The number of nitrogens with zero attached hydrogens (tertiary/aromatic N) is 1. The quantitative estimate of drug-likeness (QED) is 0.205. The molecule has 0 spiro atoms. The van der Waals surface area contributed by atoms with Crippen LogP contribution in [0.4, 0.5) is 14.9 Å². The minimum atomic E-state index is -3.79. The highest BCUT2D eigenvalue weighted by Crippen LogP contribution is 2.46. The summed E-state index contributed by atoms with van der Waals surface area (Å²) in [6.45, 7) is 9.20. The van der Waals surface area contributed by atoms with Crippen LogP contribution in [0.5, 0.6) is 0 Å². The second-order valence-electron chi connectivity index (χ2n) is 14.6. The van der Waals surface area contributed by atoms with Crippen molar-refractivity contribution in [2.45, 2.75) is 87.5 Å². The standard InChI is InChI=1S/C38H48ClFN4O6S/c1-37(2)22-26(23-38(3,4)50-37)33(25-14-16-27(39)17-15-25)34(43-36(46)49-5)35(45)42-32-13-9-12-31(40)30(32)19-18-28-24-41-20-21-44(28)51(47,48)29-10-7-6-8-11-29/h6-17,26,28,33-34,41H,18-24H2,1-5H3,(H,42,45)(H,43,46)/t28-,33?,34?/m0/s1. The number of nitrogens with one attached hydrogen (secondary N) is 3. The summed E-state index contributed by atoms with van der Waals surface area (Å²) >= 11 is 6.27. The van der Waals surface area contributed by atoms with Crippen LogP contribution in [0.2, 0.25) is 5.02 Å². The average molecular weight is 743 g/mol. The second-order valence-corrected chi connectivity index (χ2v) is 16.9. The lowest BCUT2D eigenvalue weighted by Gasteiger charge is -2.48. The van der Waals surface area contributed by atoms with Gasteiger partial charge in [-0.15, -0.1) is 0 Å². The summed E-state index contributed by atoms with van der Waals surface area (Å²) in [6.07, 6.45) is 0.849. The third-order valence-electron chi connectivity index (χ3n) is 9.67. The first-order chi connectivity index (χ1) is 24.1. The Hall–Kier alpha value is -3.55. The lowest BCUT2D eigenvalue weighted by Crippen LogP contribution is -2.54. The van der Waals surface area contributed by atoms with Crippen LogP contribution in [0.1, 0.15) is 64.0 Å². The molecule has 2 saturated heterocycles. The van der Waals surface area contributed by atoms with Gasteiger partial charge in [-0.05, 0) is 101 Å². The van der Waals surface area contributed by atoms with Crippen LogP contribution < -0.4 is 16.0 Å². The fourth-order valence-electron chi connectivity index (χ4n) is 7.83. The van der Waals surface area contributed by atoms with Gasteiger partial charge in [-0.3, -0.25) is 4.79 Å². The molecule has 2 heterocycles. The molecule has 2 aliphatic rings. The Bertz CT molecular complexity index is 1780. The minimum absolute atomic E-state index is 0.124. The van der Waals surface area contributed by atoms with Crippen molar-refractivity contribution < 1.29 is 31.9 Å². The van der Waals surface area contributed by atoms with Crippen LogP contribution in [-0.4, -0.2) is 74.8 Å². The number of amides is 2. The Kier molecular flexibility index (Phi) is 12.1. The van der Waals surface area contributed by atoms with Crippen LogP contribution >= 0.6 is 11.6 Å². The van der Waals surface area contributed by atoms with Crippen LogP contribution in [0.3, 0.4) is 0 Å². The van der Waals surface area contributed by atoms with Gasteiger partial charge in [0.25, 0.3) is 0 Å². The Morgan fingerprint density at radius 1 is 1.02 bits per heavy atom. The Balaban J connectivity index is 1.45. The number of alkyl carbamates (subject to hydrolysis) is 1. The van der Waals surface area contributed by atoms with Crippen LogP contribution in [0.25, 0.3) is 0 Å². The summed E-state index contributed by atoms with van der Waals surface area (Å²) in [6, 6.07) is 18.3. The van der Waals surface area contributed by atoms with Crippen molar-refractivity contribution in [2.75, 3.05) is 32.1 Å². The second kappa shape index (κ2) is 16.0. The maximum absolute atomic E-state index is 15.6. The van der Waals surface area contributed by atoms with Gasteiger partial charge in [0.15, 0.2) is 0 Å². The number of rotatable bonds is 11. The van der Waals surface area contributed by atoms with Crippen molar-refractivity contribution in [3.8, 4) is 0 Å². The highest BCUT2D eigenvalue weighted by atomic mass is 35.5. The third-order valence-corrected chi connectivity index (χ3v) is 11.9. The summed E-state index contributed by atoms with van der Waals surface area (Å²) in [5.41, 5.74) is 0.227. The molecule has 13 heteroatoms. The van der Waals surface area contributed by atoms with E-state index in [9.17, 15) is 18.0 Å². The number of carbonyl (C=O) groups is 2. The molecular formula is C38H48ClFN4O6S. The molecule has 0 saturated carbocycles. The number of methoxy groups -OCH3 is 1. The number of carbonyl (C=O) groups excluding carboxylic acids is 2. The van der Waals surface area contributed by atoms with Gasteiger partial charge in [0.1, 0.15) is 11.9 Å². The molecular weight excluding hydrogens is 695 g/mol. The third kappa shape index (κ3) is 9.47. The minimum Gasteiger partial charge on any atom is -0.453 e. The highest BCUT2D eigenvalue weighted by Gasteiger charge is 2.46. The van der Waals surface area contributed by atoms with Crippen LogP contribution in [0.15, 0.2) is 77.7 Å². The molecule has 2 aliphatic heterocycles. The molecule has 5 rings (SSSR count). The SMILES string of the molecule is COC(=O)NC(C(=O)Nc1cccc(F)c1CC[C@H]1CNCCN1S(=O)(=O)c1ccccc1)C(c1ccc(Cl)cc1)C1CC(C)(C)OC(C)(C)C1. The van der Waals surface area contributed by atoms with Gasteiger partial charge in [0.05, 0.1) is 23.2 Å². The van der Waals surface area contributed by atoms with E-state index < -0.39 is 57.0 Å². The van der Waals surface area contributed by atoms with Gasteiger partial charge < -0.3 is 25.4 Å². The maximum Gasteiger partial charge on any atom is 0.407 e. The Labute approximate surface area is 305 Å². The van der Waals surface area contributed by atoms with Crippen LogP contribution in [0, 0.1) is 11.7 Å². The number of benzene rings is 3.